The van der Waals surface area contributed by atoms with Gasteiger partial charge in [-0.3, -0.25) is 9.59 Å². The second-order valence-electron chi connectivity index (χ2n) is 9.86. The average molecular weight is 386 g/mol. The minimum Gasteiger partial charge on any atom is -0.334 e. The molecule has 1 aromatic rings. The molecule has 2 N–H and O–H groups in total. The van der Waals surface area contributed by atoms with Crippen LogP contribution in [0, 0.1) is 5.92 Å². The maximum atomic E-state index is 13.2. The molecule has 2 heterocycles. The molecule has 3 rings (SSSR count). The van der Waals surface area contributed by atoms with Gasteiger partial charge in [0.05, 0.1) is 0 Å². The number of carbonyl (C=O) groups excluding carboxylic acids is 2. The van der Waals surface area contributed by atoms with Crippen LogP contribution in [0.2, 0.25) is 0 Å². The Morgan fingerprint density at radius 2 is 1.50 bits per heavy atom. The predicted molar refractivity (Wildman–Crippen MR) is 112 cm³/mol. The minimum atomic E-state index is -0.417. The van der Waals surface area contributed by atoms with Gasteiger partial charge in [0.1, 0.15) is 0 Å². The lowest BCUT2D eigenvalue weighted by atomic mass is 9.77. The molecule has 5 heteroatoms. The van der Waals surface area contributed by atoms with Crippen molar-refractivity contribution in [2.45, 2.75) is 76.9 Å². The first-order chi connectivity index (χ1) is 13.1. The summed E-state index contributed by atoms with van der Waals surface area (Å²) in [7, 11) is 0. The highest BCUT2D eigenvalue weighted by Crippen LogP contribution is 2.38. The third-order valence-corrected chi connectivity index (χ3v) is 6.39. The summed E-state index contributed by atoms with van der Waals surface area (Å²) in [5, 5.41) is 0. The standard InChI is InChI=1S/C23H35N3O2/c1-22(2)15-19(24)16-23(3,4)26(22)21(28)20(27)25-12-10-18(11-13-25)14-17-8-6-5-7-9-17/h5-9,18-19H,10-16,24H2,1-4H3. The zero-order chi connectivity index (χ0) is 20.5. The van der Waals surface area contributed by atoms with E-state index < -0.39 is 11.1 Å². The third-order valence-electron chi connectivity index (χ3n) is 6.39. The summed E-state index contributed by atoms with van der Waals surface area (Å²) in [6, 6.07) is 10.5. The van der Waals surface area contributed by atoms with E-state index in [4.69, 9.17) is 5.73 Å². The molecule has 0 saturated carbocycles. The second-order valence-corrected chi connectivity index (χ2v) is 9.86. The zero-order valence-corrected chi connectivity index (χ0v) is 17.8. The van der Waals surface area contributed by atoms with Crippen LogP contribution in [0.5, 0.6) is 0 Å². The van der Waals surface area contributed by atoms with Crippen molar-refractivity contribution in [2.75, 3.05) is 13.1 Å². The van der Waals surface area contributed by atoms with E-state index in [1.165, 1.54) is 5.56 Å². The van der Waals surface area contributed by atoms with Gasteiger partial charge in [-0.25, -0.2) is 0 Å². The molecule has 28 heavy (non-hydrogen) atoms. The number of carbonyl (C=O) groups is 2. The van der Waals surface area contributed by atoms with Crippen LogP contribution in [-0.4, -0.2) is 51.8 Å². The molecule has 2 amide bonds. The van der Waals surface area contributed by atoms with Crippen LogP contribution in [0.3, 0.4) is 0 Å². The predicted octanol–water partition coefficient (Wildman–Crippen LogP) is 2.97. The van der Waals surface area contributed by atoms with Gasteiger partial charge in [0.25, 0.3) is 0 Å². The zero-order valence-electron chi connectivity index (χ0n) is 17.8. The van der Waals surface area contributed by atoms with Crippen molar-refractivity contribution >= 4 is 11.8 Å². The lowest BCUT2D eigenvalue weighted by Gasteiger charge is -2.54. The number of amides is 2. The number of likely N-dealkylation sites (tertiary alicyclic amines) is 2. The van der Waals surface area contributed by atoms with Crippen molar-refractivity contribution in [3.05, 3.63) is 35.9 Å². The Morgan fingerprint density at radius 1 is 0.964 bits per heavy atom. The average Bonchev–Trinajstić information content (AvgIpc) is 2.60. The topological polar surface area (TPSA) is 66.6 Å². The van der Waals surface area contributed by atoms with Gasteiger partial charge in [-0.1, -0.05) is 30.3 Å². The summed E-state index contributed by atoms with van der Waals surface area (Å²) in [6.07, 6.45) is 4.38. The fourth-order valence-electron chi connectivity index (χ4n) is 5.43. The molecule has 0 aliphatic carbocycles. The van der Waals surface area contributed by atoms with Crippen molar-refractivity contribution in [3.8, 4) is 0 Å². The van der Waals surface area contributed by atoms with Crippen molar-refractivity contribution < 1.29 is 9.59 Å². The Balaban J connectivity index is 1.62. The number of piperidine rings is 2. The molecule has 2 aliphatic rings. The molecule has 2 fully saturated rings. The molecule has 0 atom stereocenters. The van der Waals surface area contributed by atoms with Gasteiger partial charge in [-0.2, -0.15) is 0 Å². The third kappa shape index (κ3) is 4.40. The molecule has 0 radical (unpaired) electrons. The Bertz CT molecular complexity index is 688. The largest absolute Gasteiger partial charge is 0.334 e. The van der Waals surface area contributed by atoms with Crippen molar-refractivity contribution in [1.82, 2.24) is 9.80 Å². The summed E-state index contributed by atoms with van der Waals surface area (Å²) < 4.78 is 0. The first-order valence-electron chi connectivity index (χ1n) is 10.5. The minimum absolute atomic E-state index is 0.0536. The molecule has 154 valence electrons. The highest BCUT2D eigenvalue weighted by Gasteiger charge is 2.49. The van der Waals surface area contributed by atoms with Crippen LogP contribution in [0.1, 0.15) is 58.9 Å². The number of hydrogen-bond donors (Lipinski definition) is 1. The SMILES string of the molecule is CC1(C)CC(N)CC(C)(C)N1C(=O)C(=O)N1CCC(Cc2ccccc2)CC1. The lowest BCUT2D eigenvalue weighted by Crippen LogP contribution is -2.67. The molecule has 2 aliphatic heterocycles. The van der Waals surface area contributed by atoms with E-state index in [1.807, 2.05) is 33.8 Å². The monoisotopic (exact) mass is 385 g/mol. The van der Waals surface area contributed by atoms with Crippen LogP contribution < -0.4 is 5.73 Å². The van der Waals surface area contributed by atoms with Crippen LogP contribution in [-0.2, 0) is 16.0 Å². The lowest BCUT2D eigenvalue weighted by molar-refractivity contribution is -0.164. The number of benzene rings is 1. The molecule has 1 aromatic carbocycles. The summed E-state index contributed by atoms with van der Waals surface area (Å²) in [5.74, 6) is -0.152. The molecule has 0 spiro atoms. The summed E-state index contributed by atoms with van der Waals surface area (Å²) in [4.78, 5) is 29.8. The van der Waals surface area contributed by atoms with Gasteiger partial charge < -0.3 is 15.5 Å². The Hall–Kier alpha value is -1.88. The van der Waals surface area contributed by atoms with Crippen molar-refractivity contribution in [2.24, 2.45) is 11.7 Å². The smallest absolute Gasteiger partial charge is 0.312 e. The number of rotatable bonds is 2. The van der Waals surface area contributed by atoms with E-state index in [2.05, 4.69) is 24.3 Å². The molecule has 5 nitrogen and oxygen atoms in total. The van der Waals surface area contributed by atoms with Crippen LogP contribution in [0.25, 0.3) is 0 Å². The number of nitrogens with zero attached hydrogens (tertiary/aromatic N) is 2. The highest BCUT2D eigenvalue weighted by atomic mass is 16.2. The summed E-state index contributed by atoms with van der Waals surface area (Å²) in [6.45, 7) is 9.40. The summed E-state index contributed by atoms with van der Waals surface area (Å²) >= 11 is 0. The molecular weight excluding hydrogens is 350 g/mol. The van der Waals surface area contributed by atoms with Gasteiger partial charge >= 0.3 is 11.8 Å². The second kappa shape index (κ2) is 7.86. The van der Waals surface area contributed by atoms with Gasteiger partial charge in [0.15, 0.2) is 0 Å². The van der Waals surface area contributed by atoms with E-state index in [1.54, 1.807) is 9.80 Å². The quantitative estimate of drug-likeness (QED) is 0.796. The van der Waals surface area contributed by atoms with Crippen LogP contribution >= 0.6 is 0 Å². The van der Waals surface area contributed by atoms with E-state index >= 15 is 0 Å². The van der Waals surface area contributed by atoms with Crippen LogP contribution in [0.4, 0.5) is 0 Å². The van der Waals surface area contributed by atoms with E-state index in [-0.39, 0.29) is 17.9 Å². The fourth-order valence-corrected chi connectivity index (χ4v) is 5.43. The number of nitrogens with two attached hydrogens (primary N) is 1. The maximum absolute atomic E-state index is 13.2. The van der Waals surface area contributed by atoms with Crippen LogP contribution in [0.15, 0.2) is 30.3 Å². The van der Waals surface area contributed by atoms with Gasteiger partial charge in [0, 0.05) is 30.2 Å². The molecule has 0 aromatic heterocycles. The van der Waals surface area contributed by atoms with Gasteiger partial charge in [0.2, 0.25) is 0 Å². The number of hydrogen-bond acceptors (Lipinski definition) is 3. The first kappa shape index (κ1) is 20.8. The Morgan fingerprint density at radius 3 is 2.04 bits per heavy atom. The Kier molecular flexibility index (Phi) is 5.85. The van der Waals surface area contributed by atoms with E-state index in [0.29, 0.717) is 31.8 Å². The highest BCUT2D eigenvalue weighted by molar-refractivity contribution is 6.35. The molecular formula is C23H35N3O2. The maximum Gasteiger partial charge on any atom is 0.312 e. The fraction of sp³-hybridized carbons (Fsp3) is 0.652. The summed E-state index contributed by atoms with van der Waals surface area (Å²) in [5.41, 5.74) is 6.72. The molecule has 0 bridgehead atoms. The first-order valence-corrected chi connectivity index (χ1v) is 10.5. The molecule has 2 saturated heterocycles. The van der Waals surface area contributed by atoms with E-state index in [9.17, 15) is 9.59 Å². The van der Waals surface area contributed by atoms with Crippen molar-refractivity contribution in [3.63, 3.8) is 0 Å². The normalized spacial score (nSPS) is 22.9. The van der Waals surface area contributed by atoms with Gasteiger partial charge in [-0.05, 0) is 71.3 Å². The Labute approximate surface area is 169 Å². The van der Waals surface area contributed by atoms with Gasteiger partial charge in [-0.15, -0.1) is 0 Å². The van der Waals surface area contributed by atoms with Crippen molar-refractivity contribution in [1.29, 1.82) is 0 Å². The van der Waals surface area contributed by atoms with E-state index in [0.717, 1.165) is 19.3 Å². The molecule has 0 unspecified atom stereocenters.